The van der Waals surface area contributed by atoms with Crippen LogP contribution < -0.4 is 14.8 Å². The van der Waals surface area contributed by atoms with Gasteiger partial charge < -0.3 is 19.7 Å². The topological polar surface area (TPSA) is 50.8 Å². The van der Waals surface area contributed by atoms with Gasteiger partial charge in [0.1, 0.15) is 6.17 Å². The van der Waals surface area contributed by atoms with Crippen molar-refractivity contribution in [2.75, 3.05) is 12.4 Å². The van der Waals surface area contributed by atoms with Gasteiger partial charge in [-0.2, -0.15) is 8.78 Å². The van der Waals surface area contributed by atoms with Gasteiger partial charge in [0.2, 0.25) is 0 Å². The van der Waals surface area contributed by atoms with Crippen LogP contribution in [0.15, 0.2) is 42.5 Å². The fraction of sp³-hybridized carbons (Fsp3) is 0.350. The van der Waals surface area contributed by atoms with Crippen LogP contribution in [0.1, 0.15) is 42.4 Å². The summed E-state index contributed by atoms with van der Waals surface area (Å²) in [6.45, 7) is 0.983. The number of rotatable bonds is 6. The number of carbonyl (C=O) groups excluding carboxylic acids is 1. The molecule has 27 heavy (non-hydrogen) atoms. The highest BCUT2D eigenvalue weighted by atomic mass is 19.3. The van der Waals surface area contributed by atoms with E-state index in [2.05, 4.69) is 10.1 Å². The Labute approximate surface area is 156 Å². The lowest BCUT2D eigenvalue weighted by molar-refractivity contribution is -0.0513. The standard InChI is InChI=1S/C20H22F2N2O3/c1-4-12(2)24-18(23-15-8-6-5-7-14(15)19(24)25)13-9-10-16(26-3)17(11-13)27-20(21)22/h5-12,18,20,23H,4H2,1-3H3/t12-,18+/m0/s1. The Balaban J connectivity index is 2.06. The molecule has 0 unspecified atom stereocenters. The van der Waals surface area contributed by atoms with E-state index < -0.39 is 12.8 Å². The molecule has 0 saturated heterocycles. The van der Waals surface area contributed by atoms with Crippen molar-refractivity contribution in [2.45, 2.75) is 39.1 Å². The molecule has 1 aliphatic rings. The molecular weight excluding hydrogens is 354 g/mol. The number of ether oxygens (including phenoxy) is 2. The molecule has 3 rings (SSSR count). The number of para-hydroxylation sites is 1. The minimum atomic E-state index is -2.97. The summed E-state index contributed by atoms with van der Waals surface area (Å²) in [6, 6.07) is 12.0. The number of nitrogens with one attached hydrogen (secondary N) is 1. The van der Waals surface area contributed by atoms with Crippen molar-refractivity contribution in [3.8, 4) is 11.5 Å². The Morgan fingerprint density at radius 2 is 1.93 bits per heavy atom. The Morgan fingerprint density at radius 1 is 1.19 bits per heavy atom. The summed E-state index contributed by atoms with van der Waals surface area (Å²) in [7, 11) is 1.39. The molecule has 2 aromatic carbocycles. The second-order valence-corrected chi connectivity index (χ2v) is 6.35. The van der Waals surface area contributed by atoms with Crippen LogP contribution in [0.25, 0.3) is 0 Å². The van der Waals surface area contributed by atoms with Crippen molar-refractivity contribution in [1.82, 2.24) is 4.90 Å². The van der Waals surface area contributed by atoms with Crippen LogP contribution in [0.5, 0.6) is 11.5 Å². The number of halogens is 2. The van der Waals surface area contributed by atoms with Gasteiger partial charge in [-0.15, -0.1) is 0 Å². The molecule has 5 nitrogen and oxygen atoms in total. The molecule has 2 atom stereocenters. The zero-order valence-corrected chi connectivity index (χ0v) is 15.4. The summed E-state index contributed by atoms with van der Waals surface area (Å²) in [5, 5.41) is 3.35. The van der Waals surface area contributed by atoms with E-state index in [1.54, 1.807) is 23.1 Å². The number of hydrogen-bond acceptors (Lipinski definition) is 4. The minimum Gasteiger partial charge on any atom is -0.493 e. The van der Waals surface area contributed by atoms with Gasteiger partial charge in [0, 0.05) is 11.7 Å². The zero-order valence-electron chi connectivity index (χ0n) is 15.4. The lowest BCUT2D eigenvalue weighted by atomic mass is 10.0. The number of amides is 1. The Hall–Kier alpha value is -2.83. The van der Waals surface area contributed by atoms with Crippen LogP contribution >= 0.6 is 0 Å². The Morgan fingerprint density at radius 3 is 2.59 bits per heavy atom. The summed E-state index contributed by atoms with van der Waals surface area (Å²) in [5.41, 5.74) is 1.93. The SMILES string of the molecule is CC[C@H](C)N1C(=O)c2ccccc2N[C@H]1c1ccc(OC)c(OC(F)F)c1. The van der Waals surface area contributed by atoms with E-state index in [0.717, 1.165) is 6.42 Å². The maximum Gasteiger partial charge on any atom is 0.387 e. The van der Waals surface area contributed by atoms with Crippen LogP contribution in [0.3, 0.4) is 0 Å². The summed E-state index contributed by atoms with van der Waals surface area (Å²) in [4.78, 5) is 14.8. The number of anilines is 1. The van der Waals surface area contributed by atoms with Crippen molar-refractivity contribution in [3.63, 3.8) is 0 Å². The number of hydrogen-bond donors (Lipinski definition) is 1. The molecule has 0 saturated carbocycles. The maximum absolute atomic E-state index is 13.1. The molecule has 0 fully saturated rings. The van der Waals surface area contributed by atoms with Crippen molar-refractivity contribution in [2.24, 2.45) is 0 Å². The Kier molecular flexibility index (Phi) is 5.48. The highest BCUT2D eigenvalue weighted by Gasteiger charge is 2.35. The molecule has 144 valence electrons. The van der Waals surface area contributed by atoms with Gasteiger partial charge in [-0.25, -0.2) is 0 Å². The monoisotopic (exact) mass is 376 g/mol. The van der Waals surface area contributed by atoms with Crippen molar-refractivity contribution >= 4 is 11.6 Å². The lowest BCUT2D eigenvalue weighted by Gasteiger charge is -2.41. The first-order valence-electron chi connectivity index (χ1n) is 8.77. The number of fused-ring (bicyclic) bond motifs is 1. The molecule has 7 heteroatoms. The largest absolute Gasteiger partial charge is 0.493 e. The highest BCUT2D eigenvalue weighted by Crippen LogP contribution is 2.38. The van der Waals surface area contributed by atoms with Gasteiger partial charge in [-0.3, -0.25) is 4.79 Å². The number of benzene rings is 2. The first-order chi connectivity index (χ1) is 13.0. The van der Waals surface area contributed by atoms with E-state index in [0.29, 0.717) is 16.8 Å². The molecule has 0 bridgehead atoms. The number of carbonyl (C=O) groups is 1. The lowest BCUT2D eigenvalue weighted by Crippen LogP contribution is -2.47. The second kappa shape index (κ2) is 7.82. The second-order valence-electron chi connectivity index (χ2n) is 6.35. The quantitative estimate of drug-likeness (QED) is 0.797. The van der Waals surface area contributed by atoms with Gasteiger partial charge >= 0.3 is 6.61 Å². The van der Waals surface area contributed by atoms with Gasteiger partial charge in [-0.1, -0.05) is 25.1 Å². The van der Waals surface area contributed by atoms with Gasteiger partial charge in [-0.05, 0) is 43.2 Å². The zero-order chi connectivity index (χ0) is 19.6. The highest BCUT2D eigenvalue weighted by molar-refractivity contribution is 6.01. The van der Waals surface area contributed by atoms with E-state index >= 15 is 0 Å². The molecule has 1 N–H and O–H groups in total. The van der Waals surface area contributed by atoms with E-state index in [-0.39, 0.29) is 23.4 Å². The summed E-state index contributed by atoms with van der Waals surface area (Å²) < 4.78 is 35.2. The molecule has 2 aromatic rings. The van der Waals surface area contributed by atoms with Crippen LogP contribution in [-0.2, 0) is 0 Å². The summed E-state index contributed by atoms with van der Waals surface area (Å²) >= 11 is 0. The number of nitrogens with zero attached hydrogens (tertiary/aromatic N) is 1. The summed E-state index contributed by atoms with van der Waals surface area (Å²) in [5.74, 6) is 0.0368. The average molecular weight is 376 g/mol. The van der Waals surface area contributed by atoms with Crippen molar-refractivity contribution in [1.29, 1.82) is 0 Å². The fourth-order valence-electron chi connectivity index (χ4n) is 3.22. The normalized spacial score (nSPS) is 17.3. The number of methoxy groups -OCH3 is 1. The maximum atomic E-state index is 13.1. The van der Waals surface area contributed by atoms with Gasteiger partial charge in [0.05, 0.1) is 12.7 Å². The van der Waals surface area contributed by atoms with Crippen molar-refractivity contribution < 1.29 is 23.0 Å². The molecule has 1 aliphatic heterocycles. The first kappa shape index (κ1) is 18.9. The van der Waals surface area contributed by atoms with E-state index in [9.17, 15) is 13.6 Å². The van der Waals surface area contributed by atoms with E-state index in [4.69, 9.17) is 4.74 Å². The third-order valence-electron chi connectivity index (χ3n) is 4.75. The molecular formula is C20H22F2N2O3. The van der Waals surface area contributed by atoms with Crippen LogP contribution in [-0.4, -0.2) is 30.6 Å². The van der Waals surface area contributed by atoms with Gasteiger partial charge in [0.15, 0.2) is 11.5 Å². The van der Waals surface area contributed by atoms with Crippen LogP contribution in [0, 0.1) is 0 Å². The predicted octanol–water partition coefficient (Wildman–Crippen LogP) is 4.66. The molecule has 0 aromatic heterocycles. The van der Waals surface area contributed by atoms with Crippen LogP contribution in [0.2, 0.25) is 0 Å². The molecule has 0 aliphatic carbocycles. The first-order valence-corrected chi connectivity index (χ1v) is 8.77. The average Bonchev–Trinajstić information content (AvgIpc) is 2.67. The third kappa shape index (κ3) is 3.67. The smallest absolute Gasteiger partial charge is 0.387 e. The summed E-state index contributed by atoms with van der Waals surface area (Å²) in [6.07, 6.45) is 0.246. The number of alkyl halides is 2. The molecule has 0 spiro atoms. The fourth-order valence-corrected chi connectivity index (χ4v) is 3.22. The molecule has 1 heterocycles. The van der Waals surface area contributed by atoms with E-state index in [1.807, 2.05) is 32.0 Å². The van der Waals surface area contributed by atoms with Crippen LogP contribution in [0.4, 0.5) is 14.5 Å². The molecule has 0 radical (unpaired) electrons. The van der Waals surface area contributed by atoms with Gasteiger partial charge in [0.25, 0.3) is 5.91 Å². The Bertz CT molecular complexity index is 829. The van der Waals surface area contributed by atoms with E-state index in [1.165, 1.54) is 13.2 Å². The minimum absolute atomic E-state index is 0.0510. The molecule has 1 amide bonds. The predicted molar refractivity (Wildman–Crippen MR) is 98.4 cm³/mol. The third-order valence-corrected chi connectivity index (χ3v) is 4.75. The van der Waals surface area contributed by atoms with Crippen molar-refractivity contribution in [3.05, 3.63) is 53.6 Å².